The van der Waals surface area contributed by atoms with Gasteiger partial charge in [0.25, 0.3) is 0 Å². The number of esters is 1. The van der Waals surface area contributed by atoms with Gasteiger partial charge in [-0.05, 0) is 6.92 Å². The average molecular weight is 280 g/mol. The molecule has 8 N–H and O–H groups in total. The summed E-state index contributed by atoms with van der Waals surface area (Å²) in [6.07, 6.45) is -6.00. The van der Waals surface area contributed by atoms with Gasteiger partial charge in [0.1, 0.15) is 30.6 Å². The second kappa shape index (κ2) is 8.15. The molecule has 0 unspecified atom stereocenters. The zero-order chi connectivity index (χ0) is 15.2. The van der Waals surface area contributed by atoms with Crippen molar-refractivity contribution in [2.24, 2.45) is 11.5 Å². The standard InChI is InChI=1S/C10H20N2O7/c1-4(15)7(12)10(18)19-9(5(11)2-13)8(17)6(16)3-14/h2,4-9,14-17H,3,11-12H2,1H3/t4-,5+,6-,7+,8+,9-/m1/s1. The van der Waals surface area contributed by atoms with E-state index < -0.39 is 49.1 Å². The van der Waals surface area contributed by atoms with Crippen molar-refractivity contribution in [2.45, 2.75) is 43.4 Å². The fourth-order valence-electron chi connectivity index (χ4n) is 1.19. The number of aliphatic hydroxyl groups is 4. The molecule has 9 heteroatoms. The molecule has 0 aromatic carbocycles. The molecule has 0 saturated carbocycles. The smallest absolute Gasteiger partial charge is 0.326 e. The molecule has 0 aliphatic heterocycles. The summed E-state index contributed by atoms with van der Waals surface area (Å²) in [5.41, 5.74) is 10.6. The first-order chi connectivity index (χ1) is 8.76. The van der Waals surface area contributed by atoms with E-state index in [0.717, 1.165) is 0 Å². The van der Waals surface area contributed by atoms with Crippen molar-refractivity contribution in [1.82, 2.24) is 0 Å². The molecule has 0 spiro atoms. The number of aliphatic hydroxyl groups excluding tert-OH is 4. The van der Waals surface area contributed by atoms with Crippen LogP contribution in [0.2, 0.25) is 0 Å². The van der Waals surface area contributed by atoms with Crippen molar-refractivity contribution in [2.75, 3.05) is 6.61 Å². The summed E-state index contributed by atoms with van der Waals surface area (Å²) in [4.78, 5) is 22.1. The summed E-state index contributed by atoms with van der Waals surface area (Å²) in [5.74, 6) is -1.10. The highest BCUT2D eigenvalue weighted by Gasteiger charge is 2.35. The number of carbonyl (C=O) groups excluding carboxylic acids is 2. The highest BCUT2D eigenvalue weighted by Crippen LogP contribution is 2.09. The van der Waals surface area contributed by atoms with Gasteiger partial charge in [0.2, 0.25) is 0 Å². The van der Waals surface area contributed by atoms with Gasteiger partial charge < -0.3 is 41.4 Å². The Morgan fingerprint density at radius 2 is 1.84 bits per heavy atom. The lowest BCUT2D eigenvalue weighted by Crippen LogP contribution is -2.54. The molecule has 0 saturated heterocycles. The molecule has 0 radical (unpaired) electrons. The summed E-state index contributed by atoms with van der Waals surface area (Å²) in [6.45, 7) is 0.433. The highest BCUT2D eigenvalue weighted by atomic mass is 16.6. The molecular weight excluding hydrogens is 260 g/mol. The molecule has 112 valence electrons. The SMILES string of the molecule is C[C@@H](O)[C@H](N)C(=O)O[C@@H]([C@@H](O)[C@H](O)CO)[C@@H](N)C=O. The first kappa shape index (κ1) is 17.9. The number of nitrogens with two attached hydrogens (primary N) is 2. The Kier molecular flexibility index (Phi) is 7.68. The monoisotopic (exact) mass is 280 g/mol. The van der Waals surface area contributed by atoms with Crippen LogP contribution in [-0.4, -0.2) is 75.8 Å². The molecule has 0 aromatic rings. The van der Waals surface area contributed by atoms with Crippen molar-refractivity contribution in [3.8, 4) is 0 Å². The minimum atomic E-state index is -1.77. The average Bonchev–Trinajstić information content (AvgIpc) is 2.40. The van der Waals surface area contributed by atoms with Crippen molar-refractivity contribution in [3.05, 3.63) is 0 Å². The molecule has 0 aliphatic rings. The Hall–Kier alpha value is -1.10. The van der Waals surface area contributed by atoms with Crippen LogP contribution in [0.5, 0.6) is 0 Å². The zero-order valence-electron chi connectivity index (χ0n) is 10.4. The normalized spacial score (nSPS) is 20.8. The van der Waals surface area contributed by atoms with E-state index in [1.165, 1.54) is 6.92 Å². The molecule has 19 heavy (non-hydrogen) atoms. The van der Waals surface area contributed by atoms with Crippen LogP contribution in [0.1, 0.15) is 6.92 Å². The maximum atomic E-state index is 11.5. The predicted octanol–water partition coefficient (Wildman–Crippen LogP) is -4.15. The molecule has 0 aliphatic carbocycles. The number of rotatable bonds is 8. The van der Waals surface area contributed by atoms with Crippen LogP contribution >= 0.6 is 0 Å². The lowest BCUT2D eigenvalue weighted by molar-refractivity contribution is -0.167. The quantitative estimate of drug-likeness (QED) is 0.190. The van der Waals surface area contributed by atoms with E-state index in [9.17, 15) is 19.8 Å². The van der Waals surface area contributed by atoms with Gasteiger partial charge in [-0.1, -0.05) is 0 Å². The molecule has 0 amide bonds. The lowest BCUT2D eigenvalue weighted by atomic mass is 10.0. The summed E-state index contributed by atoms with van der Waals surface area (Å²) in [6, 6.07) is -2.80. The van der Waals surface area contributed by atoms with Gasteiger partial charge in [0.15, 0.2) is 6.10 Å². The minimum Gasteiger partial charge on any atom is -0.456 e. The second-order valence-corrected chi connectivity index (χ2v) is 4.12. The predicted molar refractivity (Wildman–Crippen MR) is 62.7 cm³/mol. The fourth-order valence-corrected chi connectivity index (χ4v) is 1.19. The van der Waals surface area contributed by atoms with Crippen molar-refractivity contribution < 1.29 is 34.8 Å². The molecule has 6 atom stereocenters. The molecule has 0 heterocycles. The van der Waals surface area contributed by atoms with Gasteiger partial charge in [-0.2, -0.15) is 0 Å². The highest BCUT2D eigenvalue weighted by molar-refractivity contribution is 5.76. The van der Waals surface area contributed by atoms with E-state index in [1.807, 2.05) is 0 Å². The Bertz CT molecular complexity index is 300. The van der Waals surface area contributed by atoms with Crippen LogP contribution in [0.15, 0.2) is 0 Å². The van der Waals surface area contributed by atoms with E-state index in [0.29, 0.717) is 0 Å². The number of carbonyl (C=O) groups is 2. The summed E-state index contributed by atoms with van der Waals surface area (Å²) in [5, 5.41) is 36.7. The Labute approximate surface area is 109 Å². The van der Waals surface area contributed by atoms with Crippen molar-refractivity contribution >= 4 is 12.3 Å². The summed E-state index contributed by atoms with van der Waals surface area (Å²) < 4.78 is 4.71. The van der Waals surface area contributed by atoms with Crippen LogP contribution in [0.4, 0.5) is 0 Å². The summed E-state index contributed by atoms with van der Waals surface area (Å²) in [7, 11) is 0. The third-order valence-corrected chi connectivity index (χ3v) is 2.50. The molecule has 0 rings (SSSR count). The Balaban J connectivity index is 4.88. The number of ether oxygens (including phenoxy) is 1. The van der Waals surface area contributed by atoms with E-state index >= 15 is 0 Å². The number of aldehydes is 1. The van der Waals surface area contributed by atoms with Gasteiger partial charge >= 0.3 is 5.97 Å². The van der Waals surface area contributed by atoms with E-state index in [-0.39, 0.29) is 6.29 Å². The van der Waals surface area contributed by atoms with Gasteiger partial charge in [-0.25, -0.2) is 0 Å². The maximum absolute atomic E-state index is 11.5. The largest absolute Gasteiger partial charge is 0.456 e. The van der Waals surface area contributed by atoms with E-state index in [2.05, 4.69) is 0 Å². The second-order valence-electron chi connectivity index (χ2n) is 4.12. The zero-order valence-corrected chi connectivity index (χ0v) is 10.4. The fraction of sp³-hybridized carbons (Fsp3) is 0.800. The van der Waals surface area contributed by atoms with Crippen molar-refractivity contribution in [1.29, 1.82) is 0 Å². The lowest BCUT2D eigenvalue weighted by Gasteiger charge is -2.29. The maximum Gasteiger partial charge on any atom is 0.326 e. The van der Waals surface area contributed by atoms with Gasteiger partial charge in [0, 0.05) is 0 Å². The molecule has 0 bridgehead atoms. The van der Waals surface area contributed by atoms with E-state index in [4.69, 9.17) is 26.4 Å². The number of hydrogen-bond acceptors (Lipinski definition) is 9. The summed E-state index contributed by atoms with van der Waals surface area (Å²) >= 11 is 0. The van der Waals surface area contributed by atoms with Crippen LogP contribution in [0, 0.1) is 0 Å². The third kappa shape index (κ3) is 5.19. The minimum absolute atomic E-state index is 0.207. The topological polar surface area (TPSA) is 176 Å². The van der Waals surface area contributed by atoms with Gasteiger partial charge in [-0.3, -0.25) is 4.79 Å². The third-order valence-electron chi connectivity index (χ3n) is 2.50. The van der Waals surface area contributed by atoms with E-state index in [1.54, 1.807) is 0 Å². The van der Waals surface area contributed by atoms with Crippen LogP contribution in [0.25, 0.3) is 0 Å². The first-order valence-corrected chi connectivity index (χ1v) is 5.58. The molecule has 9 nitrogen and oxygen atoms in total. The first-order valence-electron chi connectivity index (χ1n) is 5.58. The molecule has 0 aromatic heterocycles. The van der Waals surface area contributed by atoms with Crippen LogP contribution < -0.4 is 11.5 Å². The molecule has 0 fully saturated rings. The molecular formula is C10H20N2O7. The Morgan fingerprint density at radius 3 is 2.21 bits per heavy atom. The number of hydrogen-bond donors (Lipinski definition) is 6. The van der Waals surface area contributed by atoms with Crippen molar-refractivity contribution in [3.63, 3.8) is 0 Å². The van der Waals surface area contributed by atoms with Gasteiger partial charge in [-0.15, -0.1) is 0 Å². The van der Waals surface area contributed by atoms with Crippen LogP contribution in [-0.2, 0) is 14.3 Å². The Morgan fingerprint density at radius 1 is 1.32 bits per heavy atom. The van der Waals surface area contributed by atoms with Gasteiger partial charge in [0.05, 0.1) is 12.7 Å². The van der Waals surface area contributed by atoms with Crippen LogP contribution in [0.3, 0.4) is 0 Å².